The van der Waals surface area contributed by atoms with Crippen molar-refractivity contribution in [3.8, 4) is 72.4 Å². The number of hydrogen-bond donors (Lipinski definition) is 0. The second kappa shape index (κ2) is 17.8. The molecule has 0 amide bonds. The van der Waals surface area contributed by atoms with E-state index in [2.05, 4.69) is 289 Å². The molecule has 0 fully saturated rings. The van der Waals surface area contributed by atoms with Crippen LogP contribution in [0.4, 0.5) is 17.1 Å². The Bertz CT molecular complexity index is 3610. The zero-order chi connectivity index (χ0) is 45.2. The van der Waals surface area contributed by atoms with Crippen molar-refractivity contribution in [2.45, 2.75) is 0 Å². The molecule has 11 aromatic carbocycles. The quantitative estimate of drug-likeness (QED) is 0.133. The maximum absolute atomic E-state index is 2.43. The largest absolute Gasteiger partial charge is 0.310 e. The Morgan fingerprint density at radius 1 is 0.235 bits per heavy atom. The van der Waals surface area contributed by atoms with Crippen LogP contribution in [-0.4, -0.2) is 4.57 Å². The second-order valence-corrected chi connectivity index (χ2v) is 17.3. The lowest BCUT2D eigenvalue weighted by Gasteiger charge is -2.30. The molecule has 0 unspecified atom stereocenters. The van der Waals surface area contributed by atoms with Gasteiger partial charge in [-0.25, -0.2) is 0 Å². The van der Waals surface area contributed by atoms with Crippen molar-refractivity contribution in [2.75, 3.05) is 4.90 Å². The number of fused-ring (bicyclic) bond motifs is 3. The molecule has 0 atom stereocenters. The Morgan fingerprint density at radius 2 is 0.588 bits per heavy atom. The van der Waals surface area contributed by atoms with Gasteiger partial charge >= 0.3 is 0 Å². The van der Waals surface area contributed by atoms with Crippen LogP contribution in [0, 0.1) is 0 Å². The van der Waals surface area contributed by atoms with Crippen LogP contribution in [0.25, 0.3) is 94.3 Å². The minimum absolute atomic E-state index is 1.07. The van der Waals surface area contributed by atoms with Gasteiger partial charge in [-0.3, -0.25) is 0 Å². The third kappa shape index (κ3) is 7.54. The van der Waals surface area contributed by atoms with Gasteiger partial charge in [-0.1, -0.05) is 224 Å². The molecule has 0 aliphatic rings. The lowest BCUT2D eigenvalue weighted by molar-refractivity contribution is 1.18. The fourth-order valence-corrected chi connectivity index (χ4v) is 9.96. The van der Waals surface area contributed by atoms with Gasteiger partial charge in [0.1, 0.15) is 0 Å². The van der Waals surface area contributed by atoms with Crippen LogP contribution < -0.4 is 4.90 Å². The molecular weight excluding hydrogens is 821 g/mol. The first-order valence-electron chi connectivity index (χ1n) is 23.3. The second-order valence-electron chi connectivity index (χ2n) is 17.3. The molecule has 0 aliphatic heterocycles. The summed E-state index contributed by atoms with van der Waals surface area (Å²) in [6, 6.07) is 101. The van der Waals surface area contributed by atoms with Crippen LogP contribution in [0.1, 0.15) is 0 Å². The number of anilines is 3. The molecule has 12 rings (SSSR count). The molecule has 1 aromatic heterocycles. The van der Waals surface area contributed by atoms with E-state index in [1.54, 1.807) is 0 Å². The fraction of sp³-hybridized carbons (Fsp3) is 0. The van der Waals surface area contributed by atoms with E-state index in [0.717, 1.165) is 28.3 Å². The van der Waals surface area contributed by atoms with E-state index >= 15 is 0 Å². The topological polar surface area (TPSA) is 8.17 Å². The van der Waals surface area contributed by atoms with Crippen molar-refractivity contribution < 1.29 is 0 Å². The minimum Gasteiger partial charge on any atom is -0.310 e. The van der Waals surface area contributed by atoms with Gasteiger partial charge < -0.3 is 9.47 Å². The van der Waals surface area contributed by atoms with Crippen molar-refractivity contribution in [3.05, 3.63) is 279 Å². The van der Waals surface area contributed by atoms with E-state index in [1.807, 2.05) is 0 Å². The predicted molar refractivity (Wildman–Crippen MR) is 288 cm³/mol. The summed E-state index contributed by atoms with van der Waals surface area (Å²) >= 11 is 0. The van der Waals surface area contributed by atoms with Crippen molar-refractivity contribution in [1.82, 2.24) is 4.57 Å². The molecule has 320 valence electrons. The third-order valence-corrected chi connectivity index (χ3v) is 13.3. The van der Waals surface area contributed by atoms with Gasteiger partial charge in [0.05, 0.1) is 16.7 Å². The number of aromatic nitrogens is 1. The molecule has 2 heteroatoms. The Kier molecular flexibility index (Phi) is 10.6. The number of hydrogen-bond acceptors (Lipinski definition) is 1. The first-order valence-corrected chi connectivity index (χ1v) is 23.3. The van der Waals surface area contributed by atoms with E-state index < -0.39 is 0 Å². The summed E-state index contributed by atoms with van der Waals surface area (Å²) in [4.78, 5) is 2.43. The average Bonchev–Trinajstić information content (AvgIpc) is 3.76. The van der Waals surface area contributed by atoms with Crippen molar-refractivity contribution in [3.63, 3.8) is 0 Å². The molecule has 2 nitrogen and oxygen atoms in total. The summed E-state index contributed by atoms with van der Waals surface area (Å²) < 4.78 is 2.37. The number of para-hydroxylation sites is 2. The summed E-state index contributed by atoms with van der Waals surface area (Å²) in [5.41, 5.74) is 20.9. The minimum atomic E-state index is 1.07. The lowest BCUT2D eigenvalue weighted by Crippen LogP contribution is -2.12. The molecule has 0 radical (unpaired) electrons. The Labute approximate surface area is 397 Å². The highest BCUT2D eigenvalue weighted by Gasteiger charge is 2.23. The molecule has 0 bridgehead atoms. The maximum Gasteiger partial charge on any atom is 0.0546 e. The Balaban J connectivity index is 0.978. The van der Waals surface area contributed by atoms with Gasteiger partial charge in [0.2, 0.25) is 0 Å². The van der Waals surface area contributed by atoms with Crippen LogP contribution in [-0.2, 0) is 0 Å². The average molecular weight is 867 g/mol. The molecule has 0 saturated carbocycles. The SMILES string of the molecule is c1ccc(-c2ccc(-c3ccc(N(c4ccc(-c5ccc(-n6c7ccccc7c7ccccc76)cc5)cc4)c4cccc(-c5ccccc5)c4-c4ccccc4-c4ccccc4)cc3)cc2)cc1. The molecule has 12 aromatic rings. The van der Waals surface area contributed by atoms with Crippen molar-refractivity contribution >= 4 is 38.9 Å². The van der Waals surface area contributed by atoms with Gasteiger partial charge in [-0.2, -0.15) is 0 Å². The molecular formula is C66H46N2. The zero-order valence-electron chi connectivity index (χ0n) is 37.5. The Morgan fingerprint density at radius 3 is 1.09 bits per heavy atom. The number of rotatable bonds is 10. The molecule has 68 heavy (non-hydrogen) atoms. The van der Waals surface area contributed by atoms with Crippen molar-refractivity contribution in [1.29, 1.82) is 0 Å². The Hall–Kier alpha value is -8.98. The maximum atomic E-state index is 2.43. The monoisotopic (exact) mass is 866 g/mol. The smallest absolute Gasteiger partial charge is 0.0546 e. The summed E-state index contributed by atoms with van der Waals surface area (Å²) in [5.74, 6) is 0. The summed E-state index contributed by atoms with van der Waals surface area (Å²) in [7, 11) is 0. The molecule has 0 spiro atoms. The zero-order valence-corrected chi connectivity index (χ0v) is 37.5. The van der Waals surface area contributed by atoms with Gasteiger partial charge in [-0.15, -0.1) is 0 Å². The number of benzene rings is 11. The third-order valence-electron chi connectivity index (χ3n) is 13.3. The summed E-state index contributed by atoms with van der Waals surface area (Å²) in [5, 5.41) is 2.53. The highest BCUT2D eigenvalue weighted by atomic mass is 15.1. The lowest BCUT2D eigenvalue weighted by atomic mass is 9.87. The van der Waals surface area contributed by atoms with Gasteiger partial charge in [0.25, 0.3) is 0 Å². The van der Waals surface area contributed by atoms with Crippen LogP contribution in [0.3, 0.4) is 0 Å². The highest BCUT2D eigenvalue weighted by Crippen LogP contribution is 2.48. The standard InChI is InChI=1S/C66H46N2/c1-4-17-47(18-5-1)48-31-33-49(34-32-48)50-35-41-55(42-36-50)67(65-30-16-27-59(54-21-8-3-9-22-54)66(65)62-26-11-10-23-58(62)53-19-6-2-7-20-53)56-43-37-51(38-44-56)52-39-45-57(46-40-52)68-63-28-14-12-24-60(63)61-25-13-15-29-64(61)68/h1-46H. The first kappa shape index (κ1) is 40.5. The molecule has 0 aliphatic carbocycles. The molecule has 0 N–H and O–H groups in total. The van der Waals surface area contributed by atoms with Gasteiger partial charge in [-0.05, 0) is 116 Å². The molecule has 0 saturated heterocycles. The van der Waals surface area contributed by atoms with E-state index in [4.69, 9.17) is 0 Å². The van der Waals surface area contributed by atoms with E-state index in [1.165, 1.54) is 83.0 Å². The predicted octanol–water partition coefficient (Wildman–Crippen LogP) is 18.3. The van der Waals surface area contributed by atoms with Gasteiger partial charge in [0, 0.05) is 33.4 Å². The fourth-order valence-electron chi connectivity index (χ4n) is 9.96. The highest BCUT2D eigenvalue weighted by molar-refractivity contribution is 6.09. The van der Waals surface area contributed by atoms with E-state index in [0.29, 0.717) is 0 Å². The van der Waals surface area contributed by atoms with Crippen LogP contribution in [0.5, 0.6) is 0 Å². The van der Waals surface area contributed by atoms with E-state index in [-0.39, 0.29) is 0 Å². The number of nitrogens with zero attached hydrogens (tertiary/aromatic N) is 2. The van der Waals surface area contributed by atoms with Crippen LogP contribution in [0.2, 0.25) is 0 Å². The summed E-state index contributed by atoms with van der Waals surface area (Å²) in [6.07, 6.45) is 0. The molecule has 1 heterocycles. The van der Waals surface area contributed by atoms with Crippen LogP contribution in [0.15, 0.2) is 279 Å². The van der Waals surface area contributed by atoms with Crippen molar-refractivity contribution in [2.24, 2.45) is 0 Å². The first-order chi connectivity index (χ1) is 33.7. The normalized spacial score (nSPS) is 11.2. The van der Waals surface area contributed by atoms with E-state index in [9.17, 15) is 0 Å². The van der Waals surface area contributed by atoms with Gasteiger partial charge in [0.15, 0.2) is 0 Å². The summed E-state index contributed by atoms with van der Waals surface area (Å²) in [6.45, 7) is 0. The van der Waals surface area contributed by atoms with Crippen LogP contribution >= 0.6 is 0 Å².